The van der Waals surface area contributed by atoms with E-state index in [-0.39, 0.29) is 0 Å². The molecule has 0 aromatic rings. The van der Waals surface area contributed by atoms with Crippen LogP contribution in [0.15, 0.2) is 5.10 Å². The fraction of sp³-hybridized carbons (Fsp3) is 0.933. The van der Waals surface area contributed by atoms with Crippen LogP contribution >= 0.6 is 0 Å². The molecule has 2 atom stereocenters. The van der Waals surface area contributed by atoms with Crippen molar-refractivity contribution in [3.8, 4) is 0 Å². The van der Waals surface area contributed by atoms with Crippen molar-refractivity contribution in [1.82, 2.24) is 5.01 Å². The van der Waals surface area contributed by atoms with Gasteiger partial charge in [0.1, 0.15) is 0 Å². The second-order valence-corrected chi connectivity index (χ2v) is 11.6. The standard InChI is InChI=1S/C15H32N2OSi/c1-6-19(7-2,8-3)14(4)12-16-17-11-9-10-15(17)13-18-5/h12,14-15H,6-11,13H2,1-5H3/t14-,15-/m0/s1. The normalized spacial score (nSPS) is 22.4. The highest BCUT2D eigenvalue weighted by atomic mass is 28.3. The number of ether oxygens (including phenoxy) is 1. The summed E-state index contributed by atoms with van der Waals surface area (Å²) in [4.78, 5) is 0. The first-order valence-corrected chi connectivity index (χ1v) is 10.6. The molecule has 0 radical (unpaired) electrons. The van der Waals surface area contributed by atoms with Gasteiger partial charge in [0.2, 0.25) is 0 Å². The minimum atomic E-state index is -1.14. The lowest BCUT2D eigenvalue weighted by Crippen LogP contribution is -2.37. The Morgan fingerprint density at radius 2 is 1.95 bits per heavy atom. The molecule has 0 spiro atoms. The van der Waals surface area contributed by atoms with Crippen LogP contribution in [0.2, 0.25) is 23.7 Å². The van der Waals surface area contributed by atoms with E-state index in [1.807, 2.05) is 0 Å². The molecule has 0 amide bonds. The number of hydrogen-bond acceptors (Lipinski definition) is 3. The zero-order valence-electron chi connectivity index (χ0n) is 13.5. The van der Waals surface area contributed by atoms with Crippen molar-refractivity contribution in [2.75, 3.05) is 20.3 Å². The quantitative estimate of drug-likeness (QED) is 0.497. The monoisotopic (exact) mass is 284 g/mol. The van der Waals surface area contributed by atoms with Crippen molar-refractivity contribution >= 4 is 14.3 Å². The molecule has 1 heterocycles. The van der Waals surface area contributed by atoms with E-state index in [0.29, 0.717) is 11.6 Å². The van der Waals surface area contributed by atoms with E-state index < -0.39 is 8.07 Å². The Balaban J connectivity index is 2.64. The fourth-order valence-electron chi connectivity index (χ4n) is 3.39. The van der Waals surface area contributed by atoms with Crippen molar-refractivity contribution in [1.29, 1.82) is 0 Å². The molecule has 1 aliphatic heterocycles. The molecule has 3 nitrogen and oxygen atoms in total. The Morgan fingerprint density at radius 1 is 1.32 bits per heavy atom. The van der Waals surface area contributed by atoms with Crippen LogP contribution in [-0.4, -0.2) is 45.6 Å². The first kappa shape index (κ1) is 16.7. The van der Waals surface area contributed by atoms with Gasteiger partial charge in [0, 0.05) is 19.9 Å². The van der Waals surface area contributed by atoms with Crippen molar-refractivity contribution in [2.24, 2.45) is 5.10 Å². The van der Waals surface area contributed by atoms with Gasteiger partial charge in [0.15, 0.2) is 0 Å². The third-order valence-corrected chi connectivity index (χ3v) is 11.5. The Bertz CT molecular complexity index is 271. The Labute approximate surface area is 120 Å². The maximum absolute atomic E-state index is 5.29. The Kier molecular flexibility index (Phi) is 7.08. The average molecular weight is 285 g/mol. The maximum atomic E-state index is 5.29. The molecule has 0 unspecified atom stereocenters. The van der Waals surface area contributed by atoms with Crippen LogP contribution in [0.1, 0.15) is 40.5 Å². The minimum absolute atomic E-state index is 0.495. The molecule has 1 saturated heterocycles. The highest BCUT2D eigenvalue weighted by Crippen LogP contribution is 2.32. The van der Waals surface area contributed by atoms with Gasteiger partial charge in [-0.15, -0.1) is 0 Å². The van der Waals surface area contributed by atoms with Crippen LogP contribution in [0.5, 0.6) is 0 Å². The van der Waals surface area contributed by atoms with E-state index in [2.05, 4.69) is 38.9 Å². The summed E-state index contributed by atoms with van der Waals surface area (Å²) in [5.74, 6) is 0. The van der Waals surface area contributed by atoms with Gasteiger partial charge in [-0.3, -0.25) is 5.01 Å². The Morgan fingerprint density at radius 3 is 2.47 bits per heavy atom. The van der Waals surface area contributed by atoms with E-state index in [9.17, 15) is 0 Å². The zero-order valence-corrected chi connectivity index (χ0v) is 14.5. The molecule has 1 aliphatic rings. The molecule has 1 fully saturated rings. The van der Waals surface area contributed by atoms with Crippen LogP contribution in [-0.2, 0) is 4.74 Å². The summed E-state index contributed by atoms with van der Waals surface area (Å²) in [6.07, 6.45) is 4.71. The van der Waals surface area contributed by atoms with Gasteiger partial charge in [-0.2, -0.15) is 5.10 Å². The Hall–Kier alpha value is -0.353. The smallest absolute Gasteiger partial charge is 0.0704 e. The highest BCUT2D eigenvalue weighted by molar-refractivity contribution is 6.83. The molecular weight excluding hydrogens is 252 g/mol. The second-order valence-electron chi connectivity index (χ2n) is 5.89. The molecule has 0 aromatic heterocycles. The van der Waals surface area contributed by atoms with E-state index in [0.717, 1.165) is 13.2 Å². The predicted octanol–water partition coefficient (Wildman–Crippen LogP) is 3.98. The van der Waals surface area contributed by atoms with Crippen molar-refractivity contribution < 1.29 is 4.74 Å². The van der Waals surface area contributed by atoms with Gasteiger partial charge in [-0.1, -0.05) is 45.8 Å². The molecule has 4 heteroatoms. The van der Waals surface area contributed by atoms with Crippen LogP contribution < -0.4 is 0 Å². The first-order chi connectivity index (χ1) is 9.13. The third-order valence-electron chi connectivity index (χ3n) is 5.22. The van der Waals surface area contributed by atoms with Crippen LogP contribution in [0, 0.1) is 0 Å². The van der Waals surface area contributed by atoms with Crippen LogP contribution in [0.25, 0.3) is 0 Å². The van der Waals surface area contributed by atoms with Gasteiger partial charge < -0.3 is 4.74 Å². The lowest BCUT2D eigenvalue weighted by Gasteiger charge is -2.33. The molecular formula is C15H32N2OSi. The summed E-state index contributed by atoms with van der Waals surface area (Å²) in [6.45, 7) is 11.4. The topological polar surface area (TPSA) is 24.8 Å². The molecule has 0 saturated carbocycles. The van der Waals surface area contributed by atoms with E-state index in [1.165, 1.54) is 31.0 Å². The zero-order chi connectivity index (χ0) is 14.3. The van der Waals surface area contributed by atoms with Crippen molar-refractivity contribution in [2.45, 2.75) is 70.3 Å². The van der Waals surface area contributed by atoms with Crippen LogP contribution in [0.4, 0.5) is 0 Å². The number of rotatable bonds is 8. The number of hydrogen-bond donors (Lipinski definition) is 0. The second kappa shape index (κ2) is 8.05. The van der Waals surface area contributed by atoms with E-state index in [1.54, 1.807) is 7.11 Å². The molecule has 0 bridgehead atoms. The predicted molar refractivity (Wildman–Crippen MR) is 86.7 cm³/mol. The van der Waals surface area contributed by atoms with Crippen LogP contribution in [0.3, 0.4) is 0 Å². The molecule has 0 aliphatic carbocycles. The first-order valence-electron chi connectivity index (χ1n) is 7.93. The van der Waals surface area contributed by atoms with Gasteiger partial charge >= 0.3 is 0 Å². The summed E-state index contributed by atoms with van der Waals surface area (Å²) >= 11 is 0. The van der Waals surface area contributed by atoms with Gasteiger partial charge in [0.25, 0.3) is 0 Å². The van der Waals surface area contributed by atoms with Gasteiger partial charge in [-0.05, 0) is 18.4 Å². The summed E-state index contributed by atoms with van der Waals surface area (Å²) in [6, 6.07) is 4.60. The largest absolute Gasteiger partial charge is 0.382 e. The molecule has 0 N–H and O–H groups in total. The number of nitrogens with zero attached hydrogens (tertiary/aromatic N) is 2. The lowest BCUT2D eigenvalue weighted by atomic mass is 10.2. The van der Waals surface area contributed by atoms with Gasteiger partial charge in [0.05, 0.1) is 20.7 Å². The molecule has 1 rings (SSSR count). The third kappa shape index (κ3) is 4.05. The summed E-state index contributed by atoms with van der Waals surface area (Å²) < 4.78 is 5.29. The van der Waals surface area contributed by atoms with Gasteiger partial charge in [-0.25, -0.2) is 0 Å². The lowest BCUT2D eigenvalue weighted by molar-refractivity contribution is 0.118. The molecule has 0 aromatic carbocycles. The summed E-state index contributed by atoms with van der Waals surface area (Å²) in [5.41, 5.74) is 0.677. The van der Waals surface area contributed by atoms with Crippen molar-refractivity contribution in [3.05, 3.63) is 0 Å². The van der Waals surface area contributed by atoms with E-state index >= 15 is 0 Å². The molecule has 112 valence electrons. The fourth-order valence-corrected chi connectivity index (χ4v) is 7.21. The summed E-state index contributed by atoms with van der Waals surface area (Å²) in [7, 11) is 0.643. The average Bonchev–Trinajstić information content (AvgIpc) is 2.87. The molecule has 19 heavy (non-hydrogen) atoms. The van der Waals surface area contributed by atoms with E-state index in [4.69, 9.17) is 9.84 Å². The highest BCUT2D eigenvalue weighted by Gasteiger charge is 2.32. The number of hydrazone groups is 1. The van der Waals surface area contributed by atoms with Crippen molar-refractivity contribution in [3.63, 3.8) is 0 Å². The number of methoxy groups -OCH3 is 1. The summed E-state index contributed by atoms with van der Waals surface area (Å²) in [5, 5.41) is 7.05. The maximum Gasteiger partial charge on any atom is 0.0704 e. The SMILES string of the molecule is CC[Si](CC)(CC)[C@@H](C)C=NN1CCC[C@H]1COC. The minimum Gasteiger partial charge on any atom is -0.382 e.